The van der Waals surface area contributed by atoms with Crippen molar-refractivity contribution in [2.75, 3.05) is 0 Å². The van der Waals surface area contributed by atoms with Gasteiger partial charge in [0, 0.05) is 0 Å². The molecule has 0 saturated carbocycles. The zero-order chi connectivity index (χ0) is 10.1. The molecule has 0 aromatic heterocycles. The van der Waals surface area contributed by atoms with E-state index in [0.717, 1.165) is 5.92 Å². The highest BCUT2D eigenvalue weighted by molar-refractivity contribution is 5.01. The van der Waals surface area contributed by atoms with E-state index < -0.39 is 0 Å². The first-order chi connectivity index (χ1) is 6.93. The van der Waals surface area contributed by atoms with Crippen LogP contribution in [0, 0.1) is 5.92 Å². The third kappa shape index (κ3) is 5.47. The molecule has 1 atom stereocenters. The van der Waals surface area contributed by atoms with Crippen molar-refractivity contribution in [2.45, 2.75) is 71.1 Å². The lowest BCUT2D eigenvalue weighted by Gasteiger charge is -2.16. The molecule has 0 radical (unpaired) electrons. The summed E-state index contributed by atoms with van der Waals surface area (Å²) >= 11 is 0. The maximum absolute atomic E-state index is 2.38. The SMILES string of the molecule is CCCCCCCCCCC1C=CC1. The van der Waals surface area contributed by atoms with Gasteiger partial charge in [0.2, 0.25) is 0 Å². The molecule has 0 aromatic carbocycles. The predicted molar refractivity (Wildman–Crippen MR) is 64.5 cm³/mol. The standard InChI is InChI=1S/C14H26/c1-2-3-4-5-6-7-8-9-11-14-12-10-13-14/h10,12,14H,2-9,11,13H2,1H3. The molecule has 0 nitrogen and oxygen atoms in total. The topological polar surface area (TPSA) is 0 Å². The van der Waals surface area contributed by atoms with Gasteiger partial charge in [-0.15, -0.1) is 0 Å². The highest BCUT2D eigenvalue weighted by Gasteiger charge is 2.08. The van der Waals surface area contributed by atoms with Crippen LogP contribution in [0.1, 0.15) is 71.1 Å². The Bertz CT molecular complexity index is 146. The van der Waals surface area contributed by atoms with Crippen LogP contribution in [0.25, 0.3) is 0 Å². The number of unbranched alkanes of at least 4 members (excludes halogenated alkanes) is 7. The highest BCUT2D eigenvalue weighted by Crippen LogP contribution is 2.23. The van der Waals surface area contributed by atoms with Crippen LogP contribution in [0.2, 0.25) is 0 Å². The molecule has 0 fully saturated rings. The van der Waals surface area contributed by atoms with Gasteiger partial charge in [-0.25, -0.2) is 0 Å². The van der Waals surface area contributed by atoms with Crippen molar-refractivity contribution in [2.24, 2.45) is 5.92 Å². The number of rotatable bonds is 9. The second-order valence-electron chi connectivity index (χ2n) is 4.69. The van der Waals surface area contributed by atoms with Crippen molar-refractivity contribution in [1.29, 1.82) is 0 Å². The van der Waals surface area contributed by atoms with E-state index in [1.165, 1.54) is 64.2 Å². The van der Waals surface area contributed by atoms with Crippen LogP contribution in [0.15, 0.2) is 12.2 Å². The Morgan fingerprint density at radius 3 is 2.00 bits per heavy atom. The third-order valence-electron chi connectivity index (χ3n) is 3.28. The van der Waals surface area contributed by atoms with Gasteiger partial charge in [-0.1, -0.05) is 70.4 Å². The number of hydrogen-bond donors (Lipinski definition) is 0. The molecule has 0 aromatic rings. The van der Waals surface area contributed by atoms with Gasteiger partial charge in [-0.2, -0.15) is 0 Å². The van der Waals surface area contributed by atoms with E-state index in [1.807, 2.05) is 0 Å². The zero-order valence-electron chi connectivity index (χ0n) is 9.80. The lowest BCUT2D eigenvalue weighted by Crippen LogP contribution is -2.01. The minimum absolute atomic E-state index is 0.954. The monoisotopic (exact) mass is 194 g/mol. The van der Waals surface area contributed by atoms with Gasteiger partial charge < -0.3 is 0 Å². The average molecular weight is 194 g/mol. The van der Waals surface area contributed by atoms with Gasteiger partial charge in [0.1, 0.15) is 0 Å². The summed E-state index contributed by atoms with van der Waals surface area (Å²) in [7, 11) is 0. The molecular formula is C14H26. The van der Waals surface area contributed by atoms with E-state index in [1.54, 1.807) is 0 Å². The fourth-order valence-electron chi connectivity index (χ4n) is 2.08. The molecule has 0 bridgehead atoms. The molecule has 1 rings (SSSR count). The maximum Gasteiger partial charge on any atom is -0.0199 e. The Balaban J connectivity index is 1.69. The quantitative estimate of drug-likeness (QED) is 0.354. The van der Waals surface area contributed by atoms with Crippen molar-refractivity contribution in [3.05, 3.63) is 12.2 Å². The van der Waals surface area contributed by atoms with Crippen LogP contribution in [0.5, 0.6) is 0 Å². The second-order valence-corrected chi connectivity index (χ2v) is 4.69. The van der Waals surface area contributed by atoms with E-state index in [0.29, 0.717) is 0 Å². The summed E-state index contributed by atoms with van der Waals surface area (Å²) in [5, 5.41) is 0. The number of allylic oxidation sites excluding steroid dienone is 2. The Morgan fingerprint density at radius 1 is 0.929 bits per heavy atom. The van der Waals surface area contributed by atoms with Crippen LogP contribution in [0.3, 0.4) is 0 Å². The van der Waals surface area contributed by atoms with Gasteiger partial charge in [0.25, 0.3) is 0 Å². The van der Waals surface area contributed by atoms with Crippen LogP contribution in [0.4, 0.5) is 0 Å². The Morgan fingerprint density at radius 2 is 1.50 bits per heavy atom. The lowest BCUT2D eigenvalue weighted by molar-refractivity contribution is 0.495. The molecule has 0 heterocycles. The van der Waals surface area contributed by atoms with Crippen LogP contribution < -0.4 is 0 Å². The Labute approximate surface area is 89.8 Å². The average Bonchev–Trinajstić information content (AvgIpc) is 2.13. The van der Waals surface area contributed by atoms with Crippen LogP contribution >= 0.6 is 0 Å². The molecule has 0 aliphatic heterocycles. The van der Waals surface area contributed by atoms with Gasteiger partial charge in [-0.3, -0.25) is 0 Å². The Hall–Kier alpha value is -0.260. The van der Waals surface area contributed by atoms with E-state index >= 15 is 0 Å². The van der Waals surface area contributed by atoms with Gasteiger partial charge in [0.15, 0.2) is 0 Å². The molecule has 14 heavy (non-hydrogen) atoms. The summed E-state index contributed by atoms with van der Waals surface area (Å²) in [6.07, 6.45) is 19.1. The molecule has 1 unspecified atom stereocenters. The van der Waals surface area contributed by atoms with Gasteiger partial charge in [0.05, 0.1) is 0 Å². The molecular weight excluding hydrogens is 168 g/mol. The molecule has 0 spiro atoms. The van der Waals surface area contributed by atoms with Crippen LogP contribution in [-0.4, -0.2) is 0 Å². The minimum atomic E-state index is 0.954. The fraction of sp³-hybridized carbons (Fsp3) is 0.857. The van der Waals surface area contributed by atoms with Crippen molar-refractivity contribution in [3.8, 4) is 0 Å². The molecule has 0 N–H and O–H groups in total. The smallest absolute Gasteiger partial charge is 0.0199 e. The molecule has 0 saturated heterocycles. The van der Waals surface area contributed by atoms with E-state index in [2.05, 4.69) is 19.1 Å². The summed E-state index contributed by atoms with van der Waals surface area (Å²) < 4.78 is 0. The van der Waals surface area contributed by atoms with Gasteiger partial charge >= 0.3 is 0 Å². The second kappa shape index (κ2) is 8.08. The van der Waals surface area contributed by atoms with E-state index in [9.17, 15) is 0 Å². The predicted octanol–water partition coefficient (Wildman–Crippen LogP) is 5.09. The normalized spacial score (nSPS) is 19.6. The first-order valence-corrected chi connectivity index (χ1v) is 6.60. The Kier molecular flexibility index (Phi) is 6.82. The van der Waals surface area contributed by atoms with Gasteiger partial charge in [-0.05, 0) is 18.8 Å². The van der Waals surface area contributed by atoms with E-state index in [4.69, 9.17) is 0 Å². The van der Waals surface area contributed by atoms with Crippen molar-refractivity contribution in [3.63, 3.8) is 0 Å². The summed E-state index contributed by atoms with van der Waals surface area (Å²) in [6.45, 7) is 2.28. The molecule has 1 aliphatic carbocycles. The molecule has 0 amide bonds. The summed E-state index contributed by atoms with van der Waals surface area (Å²) in [5.41, 5.74) is 0. The summed E-state index contributed by atoms with van der Waals surface area (Å²) in [6, 6.07) is 0. The minimum Gasteiger partial charge on any atom is -0.0877 e. The third-order valence-corrected chi connectivity index (χ3v) is 3.28. The summed E-state index contributed by atoms with van der Waals surface area (Å²) in [4.78, 5) is 0. The lowest BCUT2D eigenvalue weighted by atomic mass is 9.90. The first kappa shape index (κ1) is 11.8. The zero-order valence-corrected chi connectivity index (χ0v) is 9.80. The first-order valence-electron chi connectivity index (χ1n) is 6.60. The van der Waals surface area contributed by atoms with Crippen molar-refractivity contribution in [1.82, 2.24) is 0 Å². The highest BCUT2D eigenvalue weighted by atomic mass is 14.1. The maximum atomic E-state index is 2.38. The van der Waals surface area contributed by atoms with E-state index in [-0.39, 0.29) is 0 Å². The molecule has 1 aliphatic rings. The van der Waals surface area contributed by atoms with Crippen LogP contribution in [-0.2, 0) is 0 Å². The van der Waals surface area contributed by atoms with Crippen molar-refractivity contribution < 1.29 is 0 Å². The largest absolute Gasteiger partial charge is 0.0877 e. The fourth-order valence-corrected chi connectivity index (χ4v) is 2.08. The number of hydrogen-bond acceptors (Lipinski definition) is 0. The molecule has 82 valence electrons. The van der Waals surface area contributed by atoms with Crippen molar-refractivity contribution >= 4 is 0 Å². The molecule has 0 heteroatoms. The summed E-state index contributed by atoms with van der Waals surface area (Å²) in [5.74, 6) is 0.954.